The summed E-state index contributed by atoms with van der Waals surface area (Å²) in [5.74, 6) is 0. The Kier molecular flexibility index (Phi) is 6.47. The van der Waals surface area contributed by atoms with E-state index in [0.29, 0.717) is 0 Å². The molecule has 12 aromatic rings. The maximum Gasteiger partial charge on any atom is 0.137 e. The van der Waals surface area contributed by atoms with Gasteiger partial charge in [0, 0.05) is 61.7 Å². The van der Waals surface area contributed by atoms with Crippen molar-refractivity contribution in [3.05, 3.63) is 182 Å². The van der Waals surface area contributed by atoms with Crippen LogP contribution in [0.3, 0.4) is 0 Å². The van der Waals surface area contributed by atoms with Crippen molar-refractivity contribution in [2.75, 3.05) is 4.90 Å². The quantitative estimate of drug-likeness (QED) is 0.177. The molecule has 4 nitrogen and oxygen atoms in total. The summed E-state index contributed by atoms with van der Waals surface area (Å²) in [6.07, 6.45) is 0. The Morgan fingerprint density at radius 3 is 1.65 bits per heavy atom. The molecule has 4 heterocycles. The van der Waals surface area contributed by atoms with E-state index >= 15 is 0 Å². The molecule has 0 aliphatic heterocycles. The van der Waals surface area contributed by atoms with Crippen LogP contribution in [0.25, 0.3) is 92.1 Å². The van der Waals surface area contributed by atoms with Gasteiger partial charge in [-0.3, -0.25) is 4.40 Å². The van der Waals surface area contributed by atoms with Crippen molar-refractivity contribution in [3.63, 3.8) is 0 Å². The predicted molar refractivity (Wildman–Crippen MR) is 230 cm³/mol. The van der Waals surface area contributed by atoms with Crippen LogP contribution in [0.1, 0.15) is 0 Å². The zero-order chi connectivity index (χ0) is 36.0. The third kappa shape index (κ3) is 4.64. The molecule has 8 aromatic carbocycles. The molecule has 4 aromatic heterocycles. The van der Waals surface area contributed by atoms with E-state index in [-0.39, 0.29) is 0 Å². The van der Waals surface area contributed by atoms with Gasteiger partial charge in [0.15, 0.2) is 0 Å². The second-order valence-electron chi connectivity index (χ2n) is 14.1. The van der Waals surface area contributed by atoms with Crippen molar-refractivity contribution >= 4 is 98.2 Å². The fourth-order valence-electron chi connectivity index (χ4n) is 8.48. The lowest BCUT2D eigenvalue weighted by Gasteiger charge is -2.26. The largest absolute Gasteiger partial charge is 0.456 e. The molecule has 0 unspecified atom stereocenters. The molecule has 0 saturated carbocycles. The van der Waals surface area contributed by atoms with E-state index in [1.54, 1.807) is 0 Å². The van der Waals surface area contributed by atoms with Crippen molar-refractivity contribution in [2.45, 2.75) is 0 Å². The molecule has 0 bridgehead atoms. The molecule has 0 saturated heterocycles. The topological polar surface area (TPSA) is 33.9 Å². The zero-order valence-corrected chi connectivity index (χ0v) is 30.3. The summed E-state index contributed by atoms with van der Waals surface area (Å²) in [6, 6.07) is 64.7. The van der Waals surface area contributed by atoms with Gasteiger partial charge in [0.1, 0.15) is 27.2 Å². The molecule has 0 spiro atoms. The zero-order valence-electron chi connectivity index (χ0n) is 29.4. The molecule has 12 rings (SSSR count). The van der Waals surface area contributed by atoms with Crippen molar-refractivity contribution in [2.24, 2.45) is 0 Å². The molecule has 0 N–H and O–H groups in total. The average Bonchev–Trinajstić information content (AvgIpc) is 3.99. The molecule has 55 heavy (non-hydrogen) atoms. The smallest absolute Gasteiger partial charge is 0.137 e. The first-order valence-corrected chi connectivity index (χ1v) is 19.3. The molecular formula is C50H30N2O2S. The Balaban J connectivity index is 1.04. The van der Waals surface area contributed by atoms with Gasteiger partial charge < -0.3 is 13.7 Å². The highest BCUT2D eigenvalue weighted by molar-refractivity contribution is 7.24. The van der Waals surface area contributed by atoms with E-state index in [1.165, 1.54) is 37.1 Å². The minimum absolute atomic E-state index is 0.852. The summed E-state index contributed by atoms with van der Waals surface area (Å²) < 4.78 is 16.5. The number of nitrogens with zero attached hydrogens (tertiary/aromatic N) is 2. The lowest BCUT2D eigenvalue weighted by molar-refractivity contribution is 0.669. The van der Waals surface area contributed by atoms with Crippen LogP contribution >= 0.6 is 11.3 Å². The van der Waals surface area contributed by atoms with Crippen LogP contribution in [-0.4, -0.2) is 4.40 Å². The molecule has 258 valence electrons. The minimum Gasteiger partial charge on any atom is -0.456 e. The van der Waals surface area contributed by atoms with E-state index < -0.39 is 0 Å². The van der Waals surface area contributed by atoms with Crippen LogP contribution in [0.15, 0.2) is 191 Å². The molecule has 0 amide bonds. The number of anilines is 3. The van der Waals surface area contributed by atoms with E-state index in [4.69, 9.17) is 8.83 Å². The van der Waals surface area contributed by atoms with Crippen molar-refractivity contribution in [3.8, 4) is 22.3 Å². The molecular weight excluding hydrogens is 693 g/mol. The Morgan fingerprint density at radius 2 is 0.945 bits per heavy atom. The lowest BCUT2D eigenvalue weighted by Crippen LogP contribution is -2.09. The normalized spacial score (nSPS) is 12.0. The van der Waals surface area contributed by atoms with Gasteiger partial charge in [0.05, 0.1) is 15.7 Å². The summed E-state index contributed by atoms with van der Waals surface area (Å²) in [5, 5.41) is 5.71. The average molecular weight is 723 g/mol. The number of fused-ring (bicyclic) bond motifs is 11. The second-order valence-corrected chi connectivity index (χ2v) is 15.2. The van der Waals surface area contributed by atoms with Crippen LogP contribution in [0.2, 0.25) is 0 Å². The number of thiazole rings is 1. The van der Waals surface area contributed by atoms with E-state index in [2.05, 4.69) is 167 Å². The Labute approximate surface area is 319 Å². The van der Waals surface area contributed by atoms with Crippen molar-refractivity contribution < 1.29 is 8.83 Å². The first-order valence-electron chi connectivity index (χ1n) is 18.5. The Bertz CT molecular complexity index is 3340. The van der Waals surface area contributed by atoms with Crippen LogP contribution in [0.5, 0.6) is 0 Å². The van der Waals surface area contributed by atoms with Gasteiger partial charge in [-0.25, -0.2) is 0 Å². The van der Waals surface area contributed by atoms with Gasteiger partial charge in [-0.2, -0.15) is 0 Å². The summed E-state index contributed by atoms with van der Waals surface area (Å²) in [5.41, 5.74) is 13.8. The maximum atomic E-state index is 6.40. The van der Waals surface area contributed by atoms with Crippen molar-refractivity contribution in [1.29, 1.82) is 0 Å². The van der Waals surface area contributed by atoms with Gasteiger partial charge in [-0.05, 0) is 83.4 Å². The fourth-order valence-corrected chi connectivity index (χ4v) is 9.69. The molecule has 0 aliphatic rings. The third-order valence-corrected chi connectivity index (χ3v) is 12.1. The monoisotopic (exact) mass is 722 g/mol. The molecule has 0 radical (unpaired) electrons. The number of furan rings is 2. The van der Waals surface area contributed by atoms with Crippen molar-refractivity contribution in [1.82, 2.24) is 4.40 Å². The SMILES string of the molecule is c1ccc(-c2c3ccccc3n3c2sc2ccc(-c4cccc(N(c5ccc6c(c5)oc5ccccc56)c5ccc6c(c5)oc5ccccc56)c4)cc23)cc1. The van der Waals surface area contributed by atoms with E-state index in [0.717, 1.165) is 72.1 Å². The number of hydrogen-bond acceptors (Lipinski definition) is 4. The molecule has 0 aliphatic carbocycles. The first-order chi connectivity index (χ1) is 27.2. The van der Waals surface area contributed by atoms with Crippen LogP contribution in [-0.2, 0) is 0 Å². The van der Waals surface area contributed by atoms with Gasteiger partial charge in [-0.15, -0.1) is 11.3 Å². The predicted octanol–water partition coefficient (Wildman–Crippen LogP) is 14.9. The van der Waals surface area contributed by atoms with Crippen LogP contribution < -0.4 is 4.90 Å². The maximum absolute atomic E-state index is 6.40. The third-order valence-electron chi connectivity index (χ3n) is 11.0. The highest BCUT2D eigenvalue weighted by Crippen LogP contribution is 2.45. The van der Waals surface area contributed by atoms with Crippen LogP contribution in [0.4, 0.5) is 17.1 Å². The summed E-state index contributed by atoms with van der Waals surface area (Å²) in [4.78, 5) is 3.57. The summed E-state index contributed by atoms with van der Waals surface area (Å²) >= 11 is 1.86. The standard InChI is InChI=1S/C50H30N2O2S/c1-2-11-31(12-3-1)49-41-17-4-7-18-42(41)52-43-28-33(21-26-48(43)55-50(49)52)32-13-10-14-34(27-32)51(35-22-24-39-37-15-5-8-19-44(37)53-46(39)29-35)36-23-25-40-38-16-6-9-20-45(38)54-47(40)30-36/h1-30H. The molecule has 5 heteroatoms. The minimum atomic E-state index is 0.852. The Morgan fingerprint density at radius 1 is 0.382 bits per heavy atom. The number of benzene rings is 8. The van der Waals surface area contributed by atoms with E-state index in [9.17, 15) is 0 Å². The summed E-state index contributed by atoms with van der Waals surface area (Å²) in [7, 11) is 0. The number of rotatable bonds is 5. The van der Waals surface area contributed by atoms with Gasteiger partial charge in [0.2, 0.25) is 0 Å². The molecule has 0 atom stereocenters. The number of hydrogen-bond donors (Lipinski definition) is 0. The second kappa shape index (κ2) is 11.7. The van der Waals surface area contributed by atoms with Gasteiger partial charge in [-0.1, -0.05) is 103 Å². The van der Waals surface area contributed by atoms with Gasteiger partial charge >= 0.3 is 0 Å². The lowest BCUT2D eigenvalue weighted by atomic mass is 10.0. The highest BCUT2D eigenvalue weighted by Gasteiger charge is 2.20. The fraction of sp³-hybridized carbons (Fsp3) is 0. The van der Waals surface area contributed by atoms with E-state index in [1.807, 2.05) is 35.6 Å². The molecule has 0 fully saturated rings. The number of para-hydroxylation sites is 3. The first kappa shape index (κ1) is 30.4. The Hall–Kier alpha value is -7.08. The number of aromatic nitrogens is 1. The van der Waals surface area contributed by atoms with Gasteiger partial charge in [0.25, 0.3) is 0 Å². The summed E-state index contributed by atoms with van der Waals surface area (Å²) in [6.45, 7) is 0. The highest BCUT2D eigenvalue weighted by atomic mass is 32.1. The van der Waals surface area contributed by atoms with Crippen LogP contribution in [0, 0.1) is 0 Å².